The van der Waals surface area contributed by atoms with E-state index >= 15 is 0 Å². The number of rotatable bonds is 4. The maximum atomic E-state index is 11.1. The van der Waals surface area contributed by atoms with Crippen LogP contribution >= 0.6 is 0 Å². The largest absolute Gasteiger partial charge is 0.346 e. The smallest absolute Gasteiger partial charge is 0.243 e. The third-order valence-corrected chi connectivity index (χ3v) is 2.92. The van der Waals surface area contributed by atoms with Gasteiger partial charge in [-0.15, -0.1) is 0 Å². The van der Waals surface area contributed by atoms with Crippen LogP contribution in [0.3, 0.4) is 0 Å². The molecule has 0 bridgehead atoms. The summed E-state index contributed by atoms with van der Waals surface area (Å²) >= 11 is 0. The second-order valence-corrected chi connectivity index (χ2v) is 3.99. The number of amides is 1. The number of hydrogen-bond donors (Lipinski definition) is 1. The molecule has 1 aliphatic rings. The molecule has 0 aromatic carbocycles. The molecule has 0 radical (unpaired) electrons. The standard InChI is InChI=1S/C10H18N2O/c1-5-9(13)11-10(6-7-10)8(2)12(3)4/h5,8H,1,6-7H2,2-4H3,(H,11,13). The van der Waals surface area contributed by atoms with E-state index < -0.39 is 0 Å². The van der Waals surface area contributed by atoms with E-state index in [0.717, 1.165) is 12.8 Å². The summed E-state index contributed by atoms with van der Waals surface area (Å²) in [5.74, 6) is -0.0637. The SMILES string of the molecule is C=CC(=O)NC1(C(C)N(C)C)CC1. The molecular formula is C10H18N2O. The second kappa shape index (κ2) is 3.50. The summed E-state index contributed by atoms with van der Waals surface area (Å²) in [7, 11) is 4.07. The van der Waals surface area contributed by atoms with E-state index in [4.69, 9.17) is 0 Å². The zero-order chi connectivity index (χ0) is 10.1. The predicted octanol–water partition coefficient (Wildman–Crippen LogP) is 0.771. The minimum Gasteiger partial charge on any atom is -0.346 e. The van der Waals surface area contributed by atoms with Crippen LogP contribution in [-0.4, -0.2) is 36.5 Å². The molecule has 1 atom stereocenters. The maximum Gasteiger partial charge on any atom is 0.243 e. The quantitative estimate of drug-likeness (QED) is 0.651. The van der Waals surface area contributed by atoms with E-state index in [1.165, 1.54) is 6.08 Å². The van der Waals surface area contributed by atoms with Gasteiger partial charge in [-0.2, -0.15) is 0 Å². The first-order chi connectivity index (χ1) is 6.02. The Morgan fingerprint density at radius 1 is 1.62 bits per heavy atom. The van der Waals surface area contributed by atoms with Crippen LogP contribution in [0.25, 0.3) is 0 Å². The molecule has 0 aliphatic heterocycles. The molecule has 1 unspecified atom stereocenters. The Labute approximate surface area is 79.8 Å². The minimum absolute atomic E-state index is 0.00870. The number of nitrogens with one attached hydrogen (secondary N) is 1. The molecule has 1 aliphatic carbocycles. The molecule has 1 fully saturated rings. The third-order valence-electron chi connectivity index (χ3n) is 2.92. The van der Waals surface area contributed by atoms with Crippen molar-refractivity contribution in [3.63, 3.8) is 0 Å². The first-order valence-electron chi connectivity index (χ1n) is 4.63. The van der Waals surface area contributed by atoms with Crippen molar-refractivity contribution in [2.45, 2.75) is 31.3 Å². The molecule has 1 N–H and O–H groups in total. The van der Waals surface area contributed by atoms with E-state index in [-0.39, 0.29) is 11.4 Å². The van der Waals surface area contributed by atoms with Crippen molar-refractivity contribution in [1.82, 2.24) is 10.2 Å². The molecule has 1 amide bonds. The summed E-state index contributed by atoms with van der Waals surface area (Å²) < 4.78 is 0. The fraction of sp³-hybridized carbons (Fsp3) is 0.700. The Balaban J connectivity index is 2.56. The fourth-order valence-corrected chi connectivity index (χ4v) is 1.57. The first-order valence-corrected chi connectivity index (χ1v) is 4.63. The van der Waals surface area contributed by atoms with Crippen molar-refractivity contribution >= 4 is 5.91 Å². The summed E-state index contributed by atoms with van der Waals surface area (Å²) in [5, 5.41) is 3.00. The Morgan fingerprint density at radius 3 is 2.46 bits per heavy atom. The van der Waals surface area contributed by atoms with Gasteiger partial charge in [0.15, 0.2) is 0 Å². The van der Waals surface area contributed by atoms with E-state index in [1.807, 2.05) is 14.1 Å². The van der Waals surface area contributed by atoms with Crippen LogP contribution in [0.4, 0.5) is 0 Å². The average Bonchev–Trinajstić information content (AvgIpc) is 2.84. The molecule has 3 nitrogen and oxygen atoms in total. The lowest BCUT2D eigenvalue weighted by Gasteiger charge is -2.29. The predicted molar refractivity (Wildman–Crippen MR) is 53.5 cm³/mol. The highest BCUT2D eigenvalue weighted by Crippen LogP contribution is 2.40. The maximum absolute atomic E-state index is 11.1. The highest BCUT2D eigenvalue weighted by atomic mass is 16.1. The van der Waals surface area contributed by atoms with E-state index in [9.17, 15) is 4.79 Å². The highest BCUT2D eigenvalue weighted by molar-refractivity contribution is 5.87. The highest BCUT2D eigenvalue weighted by Gasteiger charge is 2.49. The zero-order valence-corrected chi connectivity index (χ0v) is 8.63. The van der Waals surface area contributed by atoms with E-state index in [2.05, 4.69) is 23.7 Å². The normalized spacial score (nSPS) is 20.9. The molecule has 0 heterocycles. The van der Waals surface area contributed by atoms with Crippen molar-refractivity contribution in [2.75, 3.05) is 14.1 Å². The summed E-state index contributed by atoms with van der Waals surface area (Å²) in [6, 6.07) is 0.386. The number of likely N-dealkylation sites (N-methyl/N-ethyl adjacent to an activating group) is 1. The Hall–Kier alpha value is -0.830. The Kier molecular flexibility index (Phi) is 2.76. The zero-order valence-electron chi connectivity index (χ0n) is 8.63. The molecule has 13 heavy (non-hydrogen) atoms. The van der Waals surface area contributed by atoms with Gasteiger partial charge < -0.3 is 10.2 Å². The number of carbonyl (C=O) groups excluding carboxylic acids is 1. The number of carbonyl (C=O) groups is 1. The van der Waals surface area contributed by atoms with Crippen molar-refractivity contribution in [1.29, 1.82) is 0 Å². The first kappa shape index (κ1) is 10.3. The molecule has 1 saturated carbocycles. The molecule has 0 aromatic heterocycles. The van der Waals surface area contributed by atoms with Crippen LogP contribution in [0, 0.1) is 0 Å². The molecule has 0 saturated heterocycles. The lowest BCUT2D eigenvalue weighted by Crippen LogP contribution is -2.49. The number of nitrogens with zero attached hydrogens (tertiary/aromatic N) is 1. The van der Waals surface area contributed by atoms with Gasteiger partial charge in [-0.3, -0.25) is 4.79 Å². The van der Waals surface area contributed by atoms with E-state index in [1.54, 1.807) is 0 Å². The summed E-state index contributed by atoms with van der Waals surface area (Å²) in [6.45, 7) is 5.59. The number of hydrogen-bond acceptors (Lipinski definition) is 2. The van der Waals surface area contributed by atoms with Crippen molar-refractivity contribution in [3.8, 4) is 0 Å². The van der Waals surface area contributed by atoms with Crippen LogP contribution < -0.4 is 5.32 Å². The molecule has 3 heteroatoms. The Bertz CT molecular complexity index is 219. The van der Waals surface area contributed by atoms with Crippen molar-refractivity contribution < 1.29 is 4.79 Å². The van der Waals surface area contributed by atoms with Gasteiger partial charge in [-0.25, -0.2) is 0 Å². The van der Waals surface area contributed by atoms with E-state index in [0.29, 0.717) is 6.04 Å². The van der Waals surface area contributed by atoms with Gasteiger partial charge in [0.25, 0.3) is 0 Å². The third kappa shape index (κ3) is 2.10. The molecule has 0 spiro atoms. The molecule has 1 rings (SSSR count). The summed E-state index contributed by atoms with van der Waals surface area (Å²) in [5.41, 5.74) is 0.00870. The topological polar surface area (TPSA) is 32.3 Å². The van der Waals surface area contributed by atoms with Gasteiger partial charge in [0.2, 0.25) is 5.91 Å². The van der Waals surface area contributed by atoms with Crippen LogP contribution in [-0.2, 0) is 4.79 Å². The minimum atomic E-state index is -0.0637. The van der Waals surface area contributed by atoms with Gasteiger partial charge in [-0.1, -0.05) is 6.58 Å². The van der Waals surface area contributed by atoms with Crippen molar-refractivity contribution in [3.05, 3.63) is 12.7 Å². The molecular weight excluding hydrogens is 164 g/mol. The van der Waals surface area contributed by atoms with Gasteiger partial charge in [0.1, 0.15) is 0 Å². The summed E-state index contributed by atoms with van der Waals surface area (Å²) in [4.78, 5) is 13.3. The lowest BCUT2D eigenvalue weighted by molar-refractivity contribution is -0.117. The monoisotopic (exact) mass is 182 g/mol. The molecule has 74 valence electrons. The van der Waals surface area contributed by atoms with Crippen LogP contribution in [0.1, 0.15) is 19.8 Å². The van der Waals surface area contributed by atoms with Crippen LogP contribution in [0.15, 0.2) is 12.7 Å². The van der Waals surface area contributed by atoms with Crippen molar-refractivity contribution in [2.24, 2.45) is 0 Å². The second-order valence-electron chi connectivity index (χ2n) is 3.99. The average molecular weight is 182 g/mol. The molecule has 0 aromatic rings. The van der Waals surface area contributed by atoms with Crippen LogP contribution in [0.2, 0.25) is 0 Å². The van der Waals surface area contributed by atoms with Crippen LogP contribution in [0.5, 0.6) is 0 Å². The van der Waals surface area contributed by atoms with Gasteiger partial charge in [0, 0.05) is 6.04 Å². The lowest BCUT2D eigenvalue weighted by atomic mass is 10.1. The van der Waals surface area contributed by atoms with Gasteiger partial charge >= 0.3 is 0 Å². The summed E-state index contributed by atoms with van der Waals surface area (Å²) in [6.07, 6.45) is 3.49. The van der Waals surface area contributed by atoms with Gasteiger partial charge in [0.05, 0.1) is 5.54 Å². The van der Waals surface area contributed by atoms with Gasteiger partial charge in [-0.05, 0) is 39.9 Å². The fourth-order valence-electron chi connectivity index (χ4n) is 1.57. The Morgan fingerprint density at radius 2 is 2.15 bits per heavy atom.